The molecule has 174 valence electrons. The molecule has 0 bridgehead atoms. The van der Waals surface area contributed by atoms with E-state index in [-0.39, 0.29) is 0 Å². The molecule has 35 heavy (non-hydrogen) atoms. The fourth-order valence-corrected chi connectivity index (χ4v) is 4.47. The summed E-state index contributed by atoms with van der Waals surface area (Å²) in [6, 6.07) is 18.5. The molecule has 1 saturated heterocycles. The zero-order valence-corrected chi connectivity index (χ0v) is 19.5. The maximum absolute atomic E-state index is 4.64. The lowest BCUT2D eigenvalue weighted by Gasteiger charge is -2.29. The molecule has 4 aromatic heterocycles. The van der Waals surface area contributed by atoms with Crippen LogP contribution in [0.2, 0.25) is 0 Å². The molecule has 0 unspecified atom stereocenters. The highest BCUT2D eigenvalue weighted by Crippen LogP contribution is 2.32. The van der Waals surface area contributed by atoms with Crippen molar-refractivity contribution in [2.24, 2.45) is 0 Å². The normalized spacial score (nSPS) is 13.8. The molecule has 0 saturated carbocycles. The van der Waals surface area contributed by atoms with Crippen molar-refractivity contribution in [3.63, 3.8) is 0 Å². The zero-order chi connectivity index (χ0) is 23.6. The lowest BCUT2D eigenvalue weighted by Crippen LogP contribution is -2.43. The molecule has 0 radical (unpaired) electrons. The Morgan fingerprint density at radius 2 is 1.86 bits per heavy atom. The smallest absolute Gasteiger partial charge is 0.130 e. The number of aromatic amines is 1. The van der Waals surface area contributed by atoms with E-state index in [0.29, 0.717) is 0 Å². The van der Waals surface area contributed by atoms with Crippen LogP contribution in [-0.2, 0) is 0 Å². The van der Waals surface area contributed by atoms with Gasteiger partial charge < -0.3 is 15.5 Å². The third-order valence-electron chi connectivity index (χ3n) is 6.27. The number of nitrogens with one attached hydrogen (secondary N) is 3. The fraction of sp³-hybridized carbons (Fsp3) is 0.185. The number of hydrogen-bond acceptors (Lipinski definition) is 7. The van der Waals surface area contributed by atoms with Gasteiger partial charge in [-0.2, -0.15) is 5.10 Å². The lowest BCUT2D eigenvalue weighted by molar-refractivity contribution is 0.589. The average Bonchev–Trinajstić information content (AvgIpc) is 3.39. The van der Waals surface area contributed by atoms with Crippen molar-refractivity contribution < 1.29 is 0 Å². The highest BCUT2D eigenvalue weighted by atomic mass is 15.2. The van der Waals surface area contributed by atoms with Crippen molar-refractivity contribution in [2.75, 3.05) is 36.4 Å². The second-order valence-electron chi connectivity index (χ2n) is 8.71. The van der Waals surface area contributed by atoms with E-state index < -0.39 is 0 Å². The van der Waals surface area contributed by atoms with Gasteiger partial charge in [0.2, 0.25) is 0 Å². The van der Waals surface area contributed by atoms with Gasteiger partial charge in [0.05, 0.1) is 35.0 Å². The molecule has 1 aliphatic heterocycles. The Bertz CT molecular complexity index is 1470. The molecule has 6 rings (SSSR count). The van der Waals surface area contributed by atoms with Gasteiger partial charge in [0, 0.05) is 49.0 Å². The van der Waals surface area contributed by atoms with Crippen molar-refractivity contribution >= 4 is 28.1 Å². The third-order valence-corrected chi connectivity index (χ3v) is 6.27. The van der Waals surface area contributed by atoms with E-state index in [4.69, 9.17) is 0 Å². The average molecular weight is 463 g/mol. The Hall–Kier alpha value is -4.30. The number of anilines is 3. The largest absolute Gasteiger partial charge is 0.368 e. The van der Waals surface area contributed by atoms with Gasteiger partial charge in [-0.25, -0.2) is 4.98 Å². The maximum Gasteiger partial charge on any atom is 0.130 e. The van der Waals surface area contributed by atoms with E-state index in [1.54, 1.807) is 0 Å². The van der Waals surface area contributed by atoms with E-state index in [0.717, 1.165) is 82.5 Å². The van der Waals surface area contributed by atoms with Gasteiger partial charge >= 0.3 is 0 Å². The summed E-state index contributed by atoms with van der Waals surface area (Å²) < 4.78 is 0. The summed E-state index contributed by atoms with van der Waals surface area (Å²) in [5, 5.41) is 15.3. The molecule has 0 atom stereocenters. The maximum atomic E-state index is 4.64. The van der Waals surface area contributed by atoms with Crippen LogP contribution in [0.15, 0.2) is 73.2 Å². The van der Waals surface area contributed by atoms with Gasteiger partial charge in [-0.05, 0) is 55.0 Å². The Balaban J connectivity index is 1.26. The van der Waals surface area contributed by atoms with E-state index >= 15 is 0 Å². The van der Waals surface area contributed by atoms with E-state index in [2.05, 4.69) is 64.9 Å². The molecule has 5 heterocycles. The molecular weight excluding hydrogens is 436 g/mol. The van der Waals surface area contributed by atoms with Gasteiger partial charge in [0.25, 0.3) is 0 Å². The first-order valence-electron chi connectivity index (χ1n) is 11.8. The zero-order valence-electron chi connectivity index (χ0n) is 19.5. The van der Waals surface area contributed by atoms with Crippen molar-refractivity contribution in [1.82, 2.24) is 30.5 Å². The SMILES string of the molecule is Cc1cccc(-c2n[nH]cc2-c2ccc3ncc(Nc4ccc(N5CCNCC5)cn4)cc3c2)n1. The summed E-state index contributed by atoms with van der Waals surface area (Å²) in [5.41, 5.74) is 7.69. The highest BCUT2D eigenvalue weighted by Gasteiger charge is 2.13. The van der Waals surface area contributed by atoms with E-state index in [1.165, 1.54) is 0 Å². The van der Waals surface area contributed by atoms with E-state index in [1.807, 2.05) is 55.8 Å². The predicted molar refractivity (Wildman–Crippen MR) is 140 cm³/mol. The van der Waals surface area contributed by atoms with Crippen LogP contribution in [0, 0.1) is 6.92 Å². The van der Waals surface area contributed by atoms with Gasteiger partial charge in [0.15, 0.2) is 0 Å². The molecule has 5 aromatic rings. The number of nitrogens with zero attached hydrogens (tertiary/aromatic N) is 5. The molecule has 1 aliphatic rings. The number of rotatable bonds is 5. The number of benzene rings is 1. The number of fused-ring (bicyclic) bond motifs is 1. The number of aryl methyl sites for hydroxylation is 1. The van der Waals surface area contributed by atoms with Crippen molar-refractivity contribution in [2.45, 2.75) is 6.92 Å². The van der Waals surface area contributed by atoms with Crippen LogP contribution < -0.4 is 15.5 Å². The van der Waals surface area contributed by atoms with Crippen LogP contribution in [0.25, 0.3) is 33.4 Å². The van der Waals surface area contributed by atoms with Crippen LogP contribution in [0.4, 0.5) is 17.2 Å². The minimum absolute atomic E-state index is 0.795. The van der Waals surface area contributed by atoms with Gasteiger partial charge in [0.1, 0.15) is 11.5 Å². The Morgan fingerprint density at radius 1 is 0.943 bits per heavy atom. The van der Waals surface area contributed by atoms with Crippen molar-refractivity contribution in [3.05, 3.63) is 78.9 Å². The quantitative estimate of drug-likeness (QED) is 0.353. The van der Waals surface area contributed by atoms with E-state index in [9.17, 15) is 0 Å². The molecule has 8 nitrogen and oxygen atoms in total. The summed E-state index contributed by atoms with van der Waals surface area (Å²) in [7, 11) is 0. The standard InChI is InChI=1S/C27H26N8/c1-18-3-2-4-25(32-18)27-23(17-31-34-27)19-5-7-24-20(13-19)14-21(15-29-24)33-26-8-6-22(16-30-26)35-11-9-28-10-12-35/h2-8,13-17,28H,9-12H2,1H3,(H,30,33)(H,31,34). The molecule has 0 spiro atoms. The minimum Gasteiger partial charge on any atom is -0.368 e. The number of aromatic nitrogens is 5. The topological polar surface area (TPSA) is 94.7 Å². The summed E-state index contributed by atoms with van der Waals surface area (Å²) in [6.45, 7) is 6.01. The minimum atomic E-state index is 0.795. The number of piperazine rings is 1. The summed E-state index contributed by atoms with van der Waals surface area (Å²) in [5.74, 6) is 0.795. The van der Waals surface area contributed by atoms with Crippen LogP contribution >= 0.6 is 0 Å². The Morgan fingerprint density at radius 3 is 2.69 bits per heavy atom. The first-order valence-corrected chi connectivity index (χ1v) is 11.8. The molecule has 0 amide bonds. The second kappa shape index (κ2) is 9.15. The number of hydrogen-bond donors (Lipinski definition) is 3. The fourth-order valence-electron chi connectivity index (χ4n) is 4.47. The lowest BCUT2D eigenvalue weighted by atomic mass is 10.0. The molecule has 3 N–H and O–H groups in total. The molecule has 8 heteroatoms. The van der Waals surface area contributed by atoms with Gasteiger partial charge in [-0.3, -0.25) is 15.1 Å². The first-order chi connectivity index (χ1) is 17.2. The van der Waals surface area contributed by atoms with Crippen LogP contribution in [-0.4, -0.2) is 51.3 Å². The Kier molecular flexibility index (Phi) is 5.56. The Labute approximate surface area is 203 Å². The van der Waals surface area contributed by atoms with Gasteiger partial charge in [-0.15, -0.1) is 0 Å². The molecule has 1 aromatic carbocycles. The second-order valence-corrected chi connectivity index (χ2v) is 8.71. The summed E-state index contributed by atoms with van der Waals surface area (Å²) >= 11 is 0. The number of pyridine rings is 3. The van der Waals surface area contributed by atoms with Crippen LogP contribution in [0.5, 0.6) is 0 Å². The summed E-state index contributed by atoms with van der Waals surface area (Å²) in [4.78, 5) is 16.3. The summed E-state index contributed by atoms with van der Waals surface area (Å²) in [6.07, 6.45) is 5.69. The van der Waals surface area contributed by atoms with Crippen LogP contribution in [0.1, 0.15) is 5.69 Å². The monoisotopic (exact) mass is 462 g/mol. The predicted octanol–water partition coefficient (Wildman–Crippen LogP) is 4.54. The van der Waals surface area contributed by atoms with Crippen molar-refractivity contribution in [1.29, 1.82) is 0 Å². The first kappa shape index (κ1) is 21.2. The molecule has 1 fully saturated rings. The molecule has 0 aliphatic carbocycles. The van der Waals surface area contributed by atoms with Crippen molar-refractivity contribution in [3.8, 4) is 22.5 Å². The van der Waals surface area contributed by atoms with Crippen LogP contribution in [0.3, 0.4) is 0 Å². The third kappa shape index (κ3) is 4.43. The van der Waals surface area contributed by atoms with Gasteiger partial charge in [-0.1, -0.05) is 12.1 Å². The molecular formula is C27H26N8. The highest BCUT2D eigenvalue weighted by molar-refractivity contribution is 5.89. The number of H-pyrrole nitrogens is 1.